The van der Waals surface area contributed by atoms with Crippen molar-refractivity contribution >= 4 is 5.52 Å². The highest BCUT2D eigenvalue weighted by Crippen LogP contribution is 2.41. The van der Waals surface area contributed by atoms with Crippen molar-refractivity contribution in [3.8, 4) is 11.4 Å². The summed E-state index contributed by atoms with van der Waals surface area (Å²) in [5.74, 6) is 1.30. The highest BCUT2D eigenvalue weighted by molar-refractivity contribution is 5.63. The Bertz CT molecular complexity index is 1120. The van der Waals surface area contributed by atoms with Crippen LogP contribution in [0.2, 0.25) is 0 Å². The molecule has 152 valence electrons. The number of fused-ring (bicyclic) bond motifs is 1. The lowest BCUT2D eigenvalue weighted by Crippen LogP contribution is -2.36. The third kappa shape index (κ3) is 3.78. The number of hydrogen-bond acceptors (Lipinski definition) is 2. The molecule has 0 aliphatic heterocycles. The van der Waals surface area contributed by atoms with Gasteiger partial charge in [-0.25, -0.2) is 4.98 Å². The Balaban J connectivity index is 1.55. The van der Waals surface area contributed by atoms with Gasteiger partial charge in [0.15, 0.2) is 0 Å². The highest BCUT2D eigenvalue weighted by Gasteiger charge is 2.34. The number of nitrogens with zero attached hydrogens (tertiary/aromatic N) is 2. The summed E-state index contributed by atoms with van der Waals surface area (Å²) in [4.78, 5) is 4.72. The molecule has 0 saturated heterocycles. The molecule has 3 nitrogen and oxygen atoms in total. The minimum Gasteiger partial charge on any atom is -0.313 e. The number of hydrogen-bond donors (Lipinski definition) is 1. The largest absolute Gasteiger partial charge is 0.313 e. The van der Waals surface area contributed by atoms with E-state index in [9.17, 15) is 0 Å². The molecule has 1 aliphatic rings. The Hall–Kier alpha value is -2.91. The normalized spacial score (nSPS) is 15.4. The Morgan fingerprint density at radius 2 is 1.67 bits per heavy atom. The predicted octanol–water partition coefficient (Wildman–Crippen LogP) is 5.91. The summed E-state index contributed by atoms with van der Waals surface area (Å²) in [5, 5.41) is 3.76. The van der Waals surface area contributed by atoms with E-state index in [2.05, 4.69) is 96.5 Å². The summed E-state index contributed by atoms with van der Waals surface area (Å²) in [6.45, 7) is 5.78. The van der Waals surface area contributed by atoms with E-state index in [0.29, 0.717) is 12.0 Å². The molecule has 1 unspecified atom stereocenters. The predicted molar refractivity (Wildman–Crippen MR) is 124 cm³/mol. The lowest BCUT2D eigenvalue weighted by atomic mass is 9.71. The van der Waals surface area contributed by atoms with E-state index in [-0.39, 0.29) is 5.41 Å². The van der Waals surface area contributed by atoms with Gasteiger partial charge in [-0.15, -0.1) is 0 Å². The minimum absolute atomic E-state index is 0.0879. The van der Waals surface area contributed by atoms with Gasteiger partial charge in [0.25, 0.3) is 0 Å². The van der Waals surface area contributed by atoms with Crippen LogP contribution < -0.4 is 5.32 Å². The molecule has 3 heteroatoms. The Morgan fingerprint density at radius 3 is 2.37 bits per heavy atom. The molecule has 2 aromatic carbocycles. The maximum atomic E-state index is 4.72. The summed E-state index contributed by atoms with van der Waals surface area (Å²) in [7, 11) is 0. The molecule has 0 amide bonds. The Kier molecular flexibility index (Phi) is 4.92. The third-order valence-electron chi connectivity index (χ3n) is 6.26. The number of aromatic nitrogens is 2. The van der Waals surface area contributed by atoms with Crippen molar-refractivity contribution in [1.82, 2.24) is 14.7 Å². The first kappa shape index (κ1) is 19.1. The molecule has 2 heterocycles. The fourth-order valence-corrected chi connectivity index (χ4v) is 4.53. The van der Waals surface area contributed by atoms with Crippen LogP contribution >= 0.6 is 0 Å². The monoisotopic (exact) mass is 395 g/mol. The number of nitrogens with one attached hydrogen (secondary N) is 1. The summed E-state index contributed by atoms with van der Waals surface area (Å²) < 4.78 is 2.19. The second-order valence-corrected chi connectivity index (χ2v) is 9.19. The van der Waals surface area contributed by atoms with Crippen molar-refractivity contribution in [2.45, 2.75) is 38.6 Å². The van der Waals surface area contributed by atoms with Gasteiger partial charge in [0, 0.05) is 30.3 Å². The molecule has 5 rings (SSSR count). The van der Waals surface area contributed by atoms with Crippen molar-refractivity contribution in [2.24, 2.45) is 5.41 Å². The van der Waals surface area contributed by atoms with E-state index >= 15 is 0 Å². The van der Waals surface area contributed by atoms with E-state index in [0.717, 1.165) is 23.4 Å². The van der Waals surface area contributed by atoms with Crippen LogP contribution in [0.25, 0.3) is 16.9 Å². The van der Waals surface area contributed by atoms with E-state index in [1.165, 1.54) is 24.0 Å². The minimum atomic E-state index is 0.0879. The first-order valence-corrected chi connectivity index (χ1v) is 10.9. The van der Waals surface area contributed by atoms with Crippen molar-refractivity contribution in [3.63, 3.8) is 0 Å². The second-order valence-electron chi connectivity index (χ2n) is 9.19. The molecule has 0 radical (unpaired) electrons. The van der Waals surface area contributed by atoms with E-state index in [1.807, 2.05) is 12.3 Å². The number of imidazole rings is 1. The van der Waals surface area contributed by atoms with Gasteiger partial charge in [0.2, 0.25) is 0 Å². The van der Waals surface area contributed by atoms with E-state index in [1.54, 1.807) is 0 Å². The van der Waals surface area contributed by atoms with Crippen LogP contribution in [0.5, 0.6) is 0 Å². The molecule has 0 spiro atoms. The zero-order chi connectivity index (χ0) is 20.6. The van der Waals surface area contributed by atoms with E-state index in [4.69, 9.17) is 4.98 Å². The van der Waals surface area contributed by atoms with Gasteiger partial charge < -0.3 is 5.32 Å². The van der Waals surface area contributed by atoms with Crippen LogP contribution in [-0.2, 0) is 0 Å². The molecule has 30 heavy (non-hydrogen) atoms. The summed E-state index contributed by atoms with van der Waals surface area (Å²) in [6, 6.07) is 26.6. The van der Waals surface area contributed by atoms with Gasteiger partial charge in [0.1, 0.15) is 5.82 Å². The van der Waals surface area contributed by atoms with Crippen molar-refractivity contribution < 1.29 is 0 Å². The van der Waals surface area contributed by atoms with E-state index < -0.39 is 0 Å². The van der Waals surface area contributed by atoms with Gasteiger partial charge in [-0.05, 0) is 41.5 Å². The molecule has 1 atom stereocenters. The number of pyridine rings is 1. The Labute approximate surface area is 178 Å². The zero-order valence-corrected chi connectivity index (χ0v) is 17.8. The van der Waals surface area contributed by atoms with Crippen LogP contribution in [-0.4, -0.2) is 22.0 Å². The van der Waals surface area contributed by atoms with Crippen molar-refractivity contribution in [2.75, 3.05) is 6.54 Å². The van der Waals surface area contributed by atoms with Gasteiger partial charge >= 0.3 is 0 Å². The molecule has 1 saturated carbocycles. The SMILES string of the molecule is CC(C)(CNC1CC1)C(c1ccccc1)c1ccn2c(-c3ccccc3)ncc2c1. The second kappa shape index (κ2) is 7.73. The highest BCUT2D eigenvalue weighted by atomic mass is 15.0. The quantitative estimate of drug-likeness (QED) is 0.421. The van der Waals surface area contributed by atoms with Gasteiger partial charge in [-0.1, -0.05) is 74.5 Å². The van der Waals surface area contributed by atoms with Crippen molar-refractivity contribution in [3.05, 3.63) is 96.3 Å². The smallest absolute Gasteiger partial charge is 0.144 e. The summed E-state index contributed by atoms with van der Waals surface area (Å²) in [6.07, 6.45) is 6.80. The van der Waals surface area contributed by atoms with Crippen LogP contribution in [0.15, 0.2) is 85.2 Å². The molecular formula is C27H29N3. The Morgan fingerprint density at radius 1 is 0.967 bits per heavy atom. The van der Waals surface area contributed by atoms with Gasteiger partial charge in [-0.3, -0.25) is 4.40 Å². The molecule has 0 bridgehead atoms. The molecule has 1 N–H and O–H groups in total. The maximum Gasteiger partial charge on any atom is 0.144 e. The first-order chi connectivity index (χ1) is 14.6. The summed E-state index contributed by atoms with van der Waals surface area (Å²) >= 11 is 0. The maximum absolute atomic E-state index is 4.72. The zero-order valence-electron chi connectivity index (χ0n) is 17.8. The van der Waals surface area contributed by atoms with Crippen LogP contribution in [0, 0.1) is 5.41 Å². The fraction of sp³-hybridized carbons (Fsp3) is 0.296. The standard InChI is InChI=1S/C27H29N3/c1-27(2,19-29-23-13-14-23)25(20-9-5-3-6-10-20)22-15-16-30-24(17-22)18-28-26(30)21-11-7-4-8-12-21/h3-12,15-18,23,25,29H,13-14,19H2,1-2H3. The molecule has 4 aromatic rings. The fourth-order valence-electron chi connectivity index (χ4n) is 4.53. The van der Waals surface area contributed by atoms with Gasteiger partial charge in [0.05, 0.1) is 11.7 Å². The van der Waals surface area contributed by atoms with Crippen molar-refractivity contribution in [1.29, 1.82) is 0 Å². The average molecular weight is 396 g/mol. The molecular weight excluding hydrogens is 366 g/mol. The first-order valence-electron chi connectivity index (χ1n) is 10.9. The lowest BCUT2D eigenvalue weighted by molar-refractivity contribution is 0.298. The third-order valence-corrected chi connectivity index (χ3v) is 6.26. The molecule has 1 aliphatic carbocycles. The molecule has 2 aromatic heterocycles. The average Bonchev–Trinajstić information content (AvgIpc) is 3.51. The number of benzene rings is 2. The molecule has 1 fully saturated rings. The summed E-state index contributed by atoms with van der Waals surface area (Å²) in [5.41, 5.74) is 5.07. The lowest BCUT2D eigenvalue weighted by Gasteiger charge is -2.36. The van der Waals surface area contributed by atoms with Gasteiger partial charge in [-0.2, -0.15) is 0 Å². The van der Waals surface area contributed by atoms with Crippen LogP contribution in [0.4, 0.5) is 0 Å². The topological polar surface area (TPSA) is 29.3 Å². The number of rotatable bonds is 7. The van der Waals surface area contributed by atoms with Crippen LogP contribution in [0.1, 0.15) is 43.7 Å². The van der Waals surface area contributed by atoms with Crippen LogP contribution in [0.3, 0.4) is 0 Å².